The molecule has 0 saturated carbocycles. The SMILES string of the molecule is [CH2]C(C=C)c1cc(OC)ccc1C(C)C. The van der Waals surface area contributed by atoms with Gasteiger partial charge in [-0.2, -0.15) is 0 Å². The first kappa shape index (κ1) is 11.8. The minimum Gasteiger partial charge on any atom is -0.497 e. The largest absolute Gasteiger partial charge is 0.497 e. The number of hydrogen-bond donors (Lipinski definition) is 0. The van der Waals surface area contributed by atoms with E-state index in [1.165, 1.54) is 11.1 Å². The number of hydrogen-bond acceptors (Lipinski definition) is 1. The van der Waals surface area contributed by atoms with Gasteiger partial charge in [0.1, 0.15) is 5.75 Å². The Kier molecular flexibility index (Phi) is 3.96. The molecule has 1 aromatic carbocycles. The second kappa shape index (κ2) is 5.01. The van der Waals surface area contributed by atoms with Crippen molar-refractivity contribution in [3.8, 4) is 5.75 Å². The Labute approximate surface area is 92.8 Å². The second-order valence-corrected chi connectivity index (χ2v) is 3.99. The van der Waals surface area contributed by atoms with Gasteiger partial charge in [0, 0.05) is 5.92 Å². The van der Waals surface area contributed by atoms with Crippen LogP contribution < -0.4 is 4.74 Å². The normalized spacial score (nSPS) is 12.6. The van der Waals surface area contributed by atoms with Gasteiger partial charge in [0.15, 0.2) is 0 Å². The number of benzene rings is 1. The maximum atomic E-state index is 5.22. The van der Waals surface area contributed by atoms with Gasteiger partial charge in [-0.15, -0.1) is 6.58 Å². The van der Waals surface area contributed by atoms with E-state index in [9.17, 15) is 0 Å². The summed E-state index contributed by atoms with van der Waals surface area (Å²) < 4.78 is 5.22. The summed E-state index contributed by atoms with van der Waals surface area (Å²) in [5.74, 6) is 1.50. The molecule has 0 N–H and O–H groups in total. The summed E-state index contributed by atoms with van der Waals surface area (Å²) in [5, 5.41) is 0. The predicted molar refractivity (Wildman–Crippen MR) is 65.4 cm³/mol. The molecule has 1 nitrogen and oxygen atoms in total. The summed E-state index contributed by atoms with van der Waals surface area (Å²) in [7, 11) is 1.68. The van der Waals surface area contributed by atoms with Crippen LogP contribution in [0.5, 0.6) is 5.75 Å². The monoisotopic (exact) mass is 203 g/mol. The Morgan fingerprint density at radius 3 is 2.40 bits per heavy atom. The molecule has 15 heavy (non-hydrogen) atoms. The van der Waals surface area contributed by atoms with Crippen LogP contribution in [0, 0.1) is 6.92 Å². The maximum Gasteiger partial charge on any atom is 0.119 e. The highest BCUT2D eigenvalue weighted by Gasteiger charge is 2.11. The van der Waals surface area contributed by atoms with Crippen molar-refractivity contribution in [2.24, 2.45) is 0 Å². The molecule has 81 valence electrons. The van der Waals surface area contributed by atoms with E-state index in [1.807, 2.05) is 12.1 Å². The van der Waals surface area contributed by atoms with Crippen LogP contribution in [0.25, 0.3) is 0 Å². The van der Waals surface area contributed by atoms with Gasteiger partial charge in [-0.05, 0) is 36.1 Å². The Morgan fingerprint density at radius 2 is 1.93 bits per heavy atom. The van der Waals surface area contributed by atoms with Crippen molar-refractivity contribution in [1.29, 1.82) is 0 Å². The summed E-state index contributed by atoms with van der Waals surface area (Å²) >= 11 is 0. The Morgan fingerprint density at radius 1 is 1.27 bits per heavy atom. The lowest BCUT2D eigenvalue weighted by molar-refractivity contribution is 0.414. The van der Waals surface area contributed by atoms with E-state index in [4.69, 9.17) is 4.74 Å². The van der Waals surface area contributed by atoms with Crippen LogP contribution in [-0.2, 0) is 0 Å². The quantitative estimate of drug-likeness (QED) is 0.674. The van der Waals surface area contributed by atoms with E-state index in [1.54, 1.807) is 7.11 Å². The van der Waals surface area contributed by atoms with Gasteiger partial charge in [0.05, 0.1) is 7.11 Å². The van der Waals surface area contributed by atoms with Gasteiger partial charge in [-0.25, -0.2) is 0 Å². The van der Waals surface area contributed by atoms with E-state index >= 15 is 0 Å². The molecule has 0 amide bonds. The lowest BCUT2D eigenvalue weighted by Gasteiger charge is -2.17. The average molecular weight is 203 g/mol. The molecule has 0 saturated heterocycles. The lowest BCUT2D eigenvalue weighted by atomic mass is 9.89. The Balaban J connectivity index is 3.22. The Bertz CT molecular complexity index is 339. The van der Waals surface area contributed by atoms with E-state index in [-0.39, 0.29) is 5.92 Å². The number of ether oxygens (including phenoxy) is 1. The fourth-order valence-corrected chi connectivity index (χ4v) is 1.65. The molecule has 1 heteroatoms. The molecule has 0 heterocycles. The number of methoxy groups -OCH3 is 1. The first-order valence-electron chi connectivity index (χ1n) is 5.23. The second-order valence-electron chi connectivity index (χ2n) is 3.99. The predicted octanol–water partition coefficient (Wildman–Crippen LogP) is 3.92. The molecule has 0 aromatic heterocycles. The van der Waals surface area contributed by atoms with Gasteiger partial charge in [-0.3, -0.25) is 0 Å². The van der Waals surface area contributed by atoms with Crippen molar-refractivity contribution < 1.29 is 4.74 Å². The van der Waals surface area contributed by atoms with Crippen LogP contribution in [0.1, 0.15) is 36.8 Å². The minimum absolute atomic E-state index is 0.123. The third kappa shape index (κ3) is 2.62. The van der Waals surface area contributed by atoms with Crippen LogP contribution >= 0.6 is 0 Å². The average Bonchev–Trinajstić information content (AvgIpc) is 2.26. The number of rotatable bonds is 4. The van der Waals surface area contributed by atoms with Crippen LogP contribution in [0.15, 0.2) is 30.9 Å². The molecule has 1 atom stereocenters. The first-order valence-corrected chi connectivity index (χ1v) is 5.23. The van der Waals surface area contributed by atoms with Crippen LogP contribution in [0.3, 0.4) is 0 Å². The molecule has 1 rings (SSSR count). The van der Waals surface area contributed by atoms with Gasteiger partial charge in [0.2, 0.25) is 0 Å². The highest BCUT2D eigenvalue weighted by Crippen LogP contribution is 2.29. The molecule has 0 aliphatic carbocycles. The molecular formula is C14H19O. The topological polar surface area (TPSA) is 9.23 Å². The van der Waals surface area contributed by atoms with Crippen LogP contribution in [0.4, 0.5) is 0 Å². The summed E-state index contributed by atoms with van der Waals surface area (Å²) in [6, 6.07) is 6.16. The van der Waals surface area contributed by atoms with Crippen molar-refractivity contribution in [2.75, 3.05) is 7.11 Å². The van der Waals surface area contributed by atoms with Gasteiger partial charge in [0.25, 0.3) is 0 Å². The van der Waals surface area contributed by atoms with E-state index in [0.29, 0.717) is 5.92 Å². The third-order valence-electron chi connectivity index (χ3n) is 2.60. The molecule has 0 spiro atoms. The van der Waals surface area contributed by atoms with Crippen molar-refractivity contribution >= 4 is 0 Å². The van der Waals surface area contributed by atoms with E-state index in [2.05, 4.69) is 39.5 Å². The molecule has 0 bridgehead atoms. The molecular weight excluding hydrogens is 184 g/mol. The maximum absolute atomic E-state index is 5.22. The molecule has 1 radical (unpaired) electrons. The highest BCUT2D eigenvalue weighted by molar-refractivity contribution is 5.41. The lowest BCUT2D eigenvalue weighted by Crippen LogP contribution is -2.00. The first-order chi connectivity index (χ1) is 7.10. The summed E-state index contributed by atoms with van der Waals surface area (Å²) in [6.45, 7) is 12.2. The van der Waals surface area contributed by atoms with Gasteiger partial charge >= 0.3 is 0 Å². The van der Waals surface area contributed by atoms with Crippen molar-refractivity contribution in [2.45, 2.75) is 25.7 Å². The van der Waals surface area contributed by atoms with Crippen LogP contribution in [-0.4, -0.2) is 7.11 Å². The van der Waals surface area contributed by atoms with E-state index < -0.39 is 0 Å². The zero-order valence-corrected chi connectivity index (χ0v) is 9.79. The van der Waals surface area contributed by atoms with Crippen molar-refractivity contribution in [1.82, 2.24) is 0 Å². The standard InChI is InChI=1S/C14H19O/c1-6-11(4)14-9-12(15-5)7-8-13(14)10(2)3/h6-11H,1,4H2,2-3,5H3. The summed E-state index contributed by atoms with van der Waals surface area (Å²) in [4.78, 5) is 0. The fourth-order valence-electron chi connectivity index (χ4n) is 1.65. The van der Waals surface area contributed by atoms with Crippen molar-refractivity contribution in [3.05, 3.63) is 48.9 Å². The fraction of sp³-hybridized carbons (Fsp3) is 0.357. The minimum atomic E-state index is 0.123. The Hall–Kier alpha value is -1.24. The van der Waals surface area contributed by atoms with Crippen LogP contribution in [0.2, 0.25) is 0 Å². The van der Waals surface area contributed by atoms with E-state index in [0.717, 1.165) is 5.75 Å². The molecule has 1 aromatic rings. The molecule has 0 aliphatic rings. The summed E-state index contributed by atoms with van der Waals surface area (Å²) in [5.41, 5.74) is 2.52. The third-order valence-corrected chi connectivity index (χ3v) is 2.60. The van der Waals surface area contributed by atoms with Gasteiger partial charge in [-0.1, -0.05) is 26.0 Å². The molecule has 1 unspecified atom stereocenters. The zero-order valence-electron chi connectivity index (χ0n) is 9.79. The van der Waals surface area contributed by atoms with Crippen molar-refractivity contribution in [3.63, 3.8) is 0 Å². The molecule has 0 aliphatic heterocycles. The highest BCUT2D eigenvalue weighted by atomic mass is 16.5. The molecule has 0 fully saturated rings. The number of allylic oxidation sites excluding steroid dienone is 1. The summed E-state index contributed by atoms with van der Waals surface area (Å²) in [6.07, 6.45) is 1.86. The zero-order chi connectivity index (χ0) is 11.4. The smallest absolute Gasteiger partial charge is 0.119 e. The van der Waals surface area contributed by atoms with Gasteiger partial charge < -0.3 is 4.74 Å².